The lowest BCUT2D eigenvalue weighted by Crippen LogP contribution is -2.57. The fraction of sp³-hybridized carbons (Fsp3) is 0.317. The molecule has 4 atom stereocenters. The van der Waals surface area contributed by atoms with Crippen LogP contribution in [0.4, 0.5) is 4.79 Å². The molecule has 2 heterocycles. The normalized spacial score (nSPS) is 13.3. The second-order valence-electron chi connectivity index (χ2n) is 13.6. The molecule has 0 spiro atoms. The summed E-state index contributed by atoms with van der Waals surface area (Å²) in [6.45, 7) is 4.15. The molecule has 3 aromatic carbocycles. The lowest BCUT2D eigenvalue weighted by Gasteiger charge is -2.29. The molecule has 5 rings (SSSR count). The molecule has 2 aromatic heterocycles. The maximum absolute atomic E-state index is 14.2. The standard InChI is InChI=1S/C41H47N7O6/c1-27(2)19-34(37(49)22-38(50)44-23-28-15-17-42-18-16-28)46-40(52)36(21-32-24-43-26-45-32)47-39(51)35(48-41(53)54-25-29-9-4-3-5-10-29)20-31-13-8-12-30-11-6-7-14-33(30)31/h3-18,24,26-27,34-37,49H,19-23,25H2,1-2H3,(H,43,45)(H,44,50)(H,46,52)(H,47,51)(H,48,53)/t34-,35+,36-,37-/m0/s1. The first-order chi connectivity index (χ1) is 26.1. The van der Waals surface area contributed by atoms with E-state index in [1.807, 2.05) is 86.6 Å². The molecule has 0 aliphatic carbocycles. The minimum absolute atomic E-state index is 0.000788. The van der Waals surface area contributed by atoms with Crippen molar-refractivity contribution in [1.29, 1.82) is 0 Å². The van der Waals surface area contributed by atoms with Crippen molar-refractivity contribution in [3.8, 4) is 0 Å². The number of rotatable bonds is 18. The SMILES string of the molecule is CC(C)C[C@H](NC(=O)[C@H](Cc1c[nH]cn1)NC(=O)[C@@H](Cc1cccc2ccccc12)NC(=O)OCc1ccccc1)[C@@H](O)CC(=O)NCc1ccncc1. The number of hydrogen-bond donors (Lipinski definition) is 6. The van der Waals surface area contributed by atoms with Gasteiger partial charge in [-0.25, -0.2) is 9.78 Å². The number of amides is 4. The summed E-state index contributed by atoms with van der Waals surface area (Å²) in [5, 5.41) is 24.3. The highest BCUT2D eigenvalue weighted by molar-refractivity contribution is 5.93. The maximum atomic E-state index is 14.2. The lowest BCUT2D eigenvalue weighted by molar-refractivity contribution is -0.131. The van der Waals surface area contributed by atoms with E-state index in [0.717, 1.165) is 27.5 Å². The van der Waals surface area contributed by atoms with Gasteiger partial charge in [0.2, 0.25) is 17.7 Å². The van der Waals surface area contributed by atoms with Crippen LogP contribution in [0.2, 0.25) is 0 Å². The zero-order valence-corrected chi connectivity index (χ0v) is 30.4. The van der Waals surface area contributed by atoms with Crippen LogP contribution in [-0.2, 0) is 45.1 Å². The van der Waals surface area contributed by atoms with Crippen molar-refractivity contribution in [2.75, 3.05) is 0 Å². The Morgan fingerprint density at radius 3 is 2.24 bits per heavy atom. The highest BCUT2D eigenvalue weighted by Crippen LogP contribution is 2.20. The molecular formula is C41H47N7O6. The van der Waals surface area contributed by atoms with Gasteiger partial charge in [0, 0.05) is 38.0 Å². The van der Waals surface area contributed by atoms with Gasteiger partial charge < -0.3 is 36.1 Å². The van der Waals surface area contributed by atoms with Gasteiger partial charge in [0.25, 0.3) is 0 Å². The van der Waals surface area contributed by atoms with Crippen LogP contribution in [0.5, 0.6) is 0 Å². The Hall–Kier alpha value is -6.08. The Morgan fingerprint density at radius 2 is 1.50 bits per heavy atom. The summed E-state index contributed by atoms with van der Waals surface area (Å²) in [6, 6.07) is 23.1. The van der Waals surface area contributed by atoms with E-state index in [0.29, 0.717) is 12.1 Å². The van der Waals surface area contributed by atoms with Crippen LogP contribution >= 0.6 is 0 Å². The average molecular weight is 734 g/mol. The molecule has 0 aliphatic heterocycles. The topological polar surface area (TPSA) is 187 Å². The first kappa shape index (κ1) is 39.1. The van der Waals surface area contributed by atoms with Gasteiger partial charge in [0.1, 0.15) is 18.7 Å². The van der Waals surface area contributed by atoms with Crippen LogP contribution in [-0.4, -0.2) is 68.1 Å². The minimum Gasteiger partial charge on any atom is -0.445 e. The predicted molar refractivity (Wildman–Crippen MR) is 204 cm³/mol. The number of carbonyl (C=O) groups is 4. The van der Waals surface area contributed by atoms with Gasteiger partial charge in [-0.3, -0.25) is 19.4 Å². The summed E-state index contributed by atoms with van der Waals surface area (Å²) >= 11 is 0. The molecule has 282 valence electrons. The number of alkyl carbamates (subject to hydrolysis) is 1. The van der Waals surface area contributed by atoms with Crippen LogP contribution in [0, 0.1) is 5.92 Å². The highest BCUT2D eigenvalue weighted by atomic mass is 16.5. The van der Waals surface area contributed by atoms with Gasteiger partial charge in [0.05, 0.1) is 30.6 Å². The third kappa shape index (κ3) is 12.0. The van der Waals surface area contributed by atoms with Crippen LogP contribution in [0.15, 0.2) is 110 Å². The Bertz CT molecular complexity index is 1950. The third-order valence-corrected chi connectivity index (χ3v) is 8.88. The van der Waals surface area contributed by atoms with E-state index < -0.39 is 42.1 Å². The molecule has 5 aromatic rings. The number of pyridine rings is 1. The summed E-state index contributed by atoms with van der Waals surface area (Å²) < 4.78 is 5.47. The van der Waals surface area contributed by atoms with Gasteiger partial charge in [-0.15, -0.1) is 0 Å². The molecule has 0 radical (unpaired) electrons. The molecule has 4 amide bonds. The molecule has 0 saturated carbocycles. The second-order valence-corrected chi connectivity index (χ2v) is 13.6. The van der Waals surface area contributed by atoms with Crippen LogP contribution in [0.1, 0.15) is 49.1 Å². The Kier molecular flexibility index (Phi) is 14.3. The number of carbonyl (C=O) groups excluding carboxylic acids is 4. The van der Waals surface area contributed by atoms with Crippen molar-refractivity contribution in [3.05, 3.63) is 132 Å². The Labute approximate surface area is 314 Å². The molecule has 13 heteroatoms. The predicted octanol–water partition coefficient (Wildman–Crippen LogP) is 4.12. The number of ether oxygens (including phenoxy) is 1. The number of fused-ring (bicyclic) bond motifs is 1. The molecular weight excluding hydrogens is 686 g/mol. The lowest BCUT2D eigenvalue weighted by atomic mass is 9.96. The monoisotopic (exact) mass is 733 g/mol. The minimum atomic E-state index is -1.21. The first-order valence-electron chi connectivity index (χ1n) is 18.0. The molecule has 0 aliphatic rings. The Morgan fingerprint density at radius 1 is 0.796 bits per heavy atom. The van der Waals surface area contributed by atoms with Crippen molar-refractivity contribution in [3.63, 3.8) is 0 Å². The third-order valence-electron chi connectivity index (χ3n) is 8.88. The number of aromatic amines is 1. The number of nitrogens with one attached hydrogen (secondary N) is 5. The molecule has 0 fully saturated rings. The molecule has 0 bridgehead atoms. The van der Waals surface area contributed by atoms with Crippen molar-refractivity contribution < 1.29 is 29.0 Å². The van der Waals surface area contributed by atoms with Gasteiger partial charge in [-0.05, 0) is 51.9 Å². The fourth-order valence-corrected chi connectivity index (χ4v) is 6.11. The number of imidazole rings is 1. The van der Waals surface area contributed by atoms with Gasteiger partial charge in [-0.2, -0.15) is 0 Å². The summed E-state index contributed by atoms with van der Waals surface area (Å²) in [6.07, 6.45) is 4.57. The molecule has 6 N–H and O–H groups in total. The number of aromatic nitrogens is 3. The molecule has 0 unspecified atom stereocenters. The molecule has 13 nitrogen and oxygen atoms in total. The van der Waals surface area contributed by atoms with Gasteiger partial charge in [-0.1, -0.05) is 86.6 Å². The first-order valence-corrected chi connectivity index (χ1v) is 18.0. The fourth-order valence-electron chi connectivity index (χ4n) is 6.11. The van der Waals surface area contributed by atoms with Crippen LogP contribution < -0.4 is 21.3 Å². The van der Waals surface area contributed by atoms with Crippen LogP contribution in [0.3, 0.4) is 0 Å². The van der Waals surface area contributed by atoms with Crippen molar-refractivity contribution in [2.45, 2.75) is 76.9 Å². The van der Waals surface area contributed by atoms with E-state index in [-0.39, 0.29) is 44.2 Å². The number of H-pyrrole nitrogens is 1. The summed E-state index contributed by atoms with van der Waals surface area (Å²) in [7, 11) is 0. The zero-order chi connectivity index (χ0) is 38.3. The largest absolute Gasteiger partial charge is 0.445 e. The van der Waals surface area contributed by atoms with E-state index in [1.165, 1.54) is 6.33 Å². The zero-order valence-electron chi connectivity index (χ0n) is 30.4. The van der Waals surface area contributed by atoms with E-state index in [9.17, 15) is 24.3 Å². The number of aliphatic hydroxyl groups is 1. The van der Waals surface area contributed by atoms with E-state index in [1.54, 1.807) is 30.7 Å². The summed E-state index contributed by atoms with van der Waals surface area (Å²) in [4.78, 5) is 65.2. The number of hydrogen-bond acceptors (Lipinski definition) is 8. The van der Waals surface area contributed by atoms with Crippen molar-refractivity contribution >= 4 is 34.6 Å². The maximum Gasteiger partial charge on any atom is 0.408 e. The van der Waals surface area contributed by atoms with E-state index >= 15 is 0 Å². The summed E-state index contributed by atoms with van der Waals surface area (Å²) in [5.41, 5.74) is 2.96. The second kappa shape index (κ2) is 19.7. The highest BCUT2D eigenvalue weighted by Gasteiger charge is 2.32. The Balaban J connectivity index is 1.32. The van der Waals surface area contributed by atoms with Gasteiger partial charge in [0.15, 0.2) is 0 Å². The van der Waals surface area contributed by atoms with Crippen molar-refractivity contribution in [2.24, 2.45) is 5.92 Å². The average Bonchev–Trinajstić information content (AvgIpc) is 3.69. The molecule has 54 heavy (non-hydrogen) atoms. The van der Waals surface area contributed by atoms with Gasteiger partial charge >= 0.3 is 6.09 Å². The number of aliphatic hydroxyl groups excluding tert-OH is 1. The smallest absolute Gasteiger partial charge is 0.408 e. The number of benzene rings is 3. The molecule has 0 saturated heterocycles. The van der Waals surface area contributed by atoms with E-state index in [4.69, 9.17) is 4.74 Å². The number of nitrogens with zero attached hydrogens (tertiary/aromatic N) is 2. The van der Waals surface area contributed by atoms with Crippen LogP contribution in [0.25, 0.3) is 10.8 Å². The van der Waals surface area contributed by atoms with E-state index in [2.05, 4.69) is 36.2 Å². The van der Waals surface area contributed by atoms with Crippen molar-refractivity contribution in [1.82, 2.24) is 36.2 Å². The summed E-state index contributed by atoms with van der Waals surface area (Å²) in [5.74, 6) is -1.53. The quantitative estimate of drug-likeness (QED) is 0.0776.